The Balaban J connectivity index is 2.07. The average molecular weight is 366 g/mol. The first-order valence-electron chi connectivity index (χ1n) is 5.95. The van der Waals surface area contributed by atoms with Crippen LogP contribution in [0, 0.1) is 10.5 Å². The molecule has 19 heavy (non-hydrogen) atoms. The van der Waals surface area contributed by atoms with Gasteiger partial charge in [-0.1, -0.05) is 29.8 Å². The molecule has 0 aromatic heterocycles. The van der Waals surface area contributed by atoms with Gasteiger partial charge in [-0.25, -0.2) is 0 Å². The molecule has 0 saturated carbocycles. The Kier molecular flexibility index (Phi) is 4.55. The molecule has 0 heterocycles. The van der Waals surface area contributed by atoms with E-state index in [0.717, 1.165) is 20.4 Å². The number of carbonyl (C=O) groups is 1. The van der Waals surface area contributed by atoms with Gasteiger partial charge in [0.2, 0.25) is 5.91 Å². The maximum atomic E-state index is 12.0. The Morgan fingerprint density at radius 3 is 2.26 bits per heavy atom. The molecule has 0 fully saturated rings. The number of amides is 1. The molecule has 2 aromatic carbocycles. The van der Waals surface area contributed by atoms with E-state index in [1.165, 1.54) is 0 Å². The van der Waals surface area contributed by atoms with Crippen LogP contribution in [-0.2, 0) is 4.79 Å². The molecule has 3 N–H and O–H groups in total. The maximum Gasteiger partial charge on any atom is 0.245 e. The topological polar surface area (TPSA) is 55.1 Å². The molecule has 0 radical (unpaired) electrons. The third-order valence-corrected chi connectivity index (χ3v) is 3.55. The van der Waals surface area contributed by atoms with Crippen molar-refractivity contribution >= 4 is 34.2 Å². The monoisotopic (exact) mass is 366 g/mol. The molecule has 2 rings (SSSR count). The summed E-state index contributed by atoms with van der Waals surface area (Å²) in [6, 6.07) is 14.6. The van der Waals surface area contributed by atoms with Gasteiger partial charge >= 0.3 is 0 Å². The standard InChI is InChI=1S/C15H15IN2O/c1-10-2-4-11(5-3-10)14(17)15(19)18-13-8-6-12(16)7-9-13/h2-9,14H,17H2,1H3,(H,18,19). The van der Waals surface area contributed by atoms with Gasteiger partial charge in [0.15, 0.2) is 0 Å². The first kappa shape index (κ1) is 14.0. The van der Waals surface area contributed by atoms with Crippen LogP contribution >= 0.6 is 22.6 Å². The molecule has 0 aliphatic heterocycles. The largest absolute Gasteiger partial charge is 0.324 e. The predicted molar refractivity (Wildman–Crippen MR) is 85.9 cm³/mol. The summed E-state index contributed by atoms with van der Waals surface area (Å²) < 4.78 is 1.12. The molecular formula is C15H15IN2O. The van der Waals surface area contributed by atoms with E-state index in [4.69, 9.17) is 5.73 Å². The molecule has 1 atom stereocenters. The fourth-order valence-electron chi connectivity index (χ4n) is 1.68. The quantitative estimate of drug-likeness (QED) is 0.820. The van der Waals surface area contributed by atoms with E-state index in [-0.39, 0.29) is 5.91 Å². The molecular weight excluding hydrogens is 351 g/mol. The van der Waals surface area contributed by atoms with Crippen LogP contribution in [0.2, 0.25) is 0 Å². The fraction of sp³-hybridized carbons (Fsp3) is 0.133. The first-order chi connectivity index (χ1) is 9.06. The summed E-state index contributed by atoms with van der Waals surface area (Å²) in [5, 5.41) is 2.81. The lowest BCUT2D eigenvalue weighted by Gasteiger charge is -2.13. The number of aryl methyl sites for hydroxylation is 1. The number of nitrogens with one attached hydrogen (secondary N) is 1. The first-order valence-corrected chi connectivity index (χ1v) is 7.03. The van der Waals surface area contributed by atoms with E-state index >= 15 is 0 Å². The van der Waals surface area contributed by atoms with Crippen molar-refractivity contribution in [2.45, 2.75) is 13.0 Å². The summed E-state index contributed by atoms with van der Waals surface area (Å²) >= 11 is 2.22. The summed E-state index contributed by atoms with van der Waals surface area (Å²) in [5.74, 6) is -0.204. The Labute approximate surface area is 126 Å². The second-order valence-corrected chi connectivity index (χ2v) is 5.63. The van der Waals surface area contributed by atoms with Crippen molar-refractivity contribution < 1.29 is 4.79 Å². The lowest BCUT2D eigenvalue weighted by Crippen LogP contribution is -2.27. The minimum Gasteiger partial charge on any atom is -0.324 e. The highest BCUT2D eigenvalue weighted by molar-refractivity contribution is 14.1. The van der Waals surface area contributed by atoms with E-state index in [1.54, 1.807) is 0 Å². The van der Waals surface area contributed by atoms with Crippen LogP contribution in [0.3, 0.4) is 0 Å². The highest BCUT2D eigenvalue weighted by Crippen LogP contribution is 2.16. The van der Waals surface area contributed by atoms with Gasteiger partial charge in [0.25, 0.3) is 0 Å². The molecule has 0 aliphatic carbocycles. The molecule has 0 aliphatic rings. The van der Waals surface area contributed by atoms with Crippen molar-refractivity contribution in [3.63, 3.8) is 0 Å². The van der Waals surface area contributed by atoms with Crippen LogP contribution < -0.4 is 11.1 Å². The highest BCUT2D eigenvalue weighted by atomic mass is 127. The van der Waals surface area contributed by atoms with Crippen molar-refractivity contribution in [1.29, 1.82) is 0 Å². The van der Waals surface area contributed by atoms with Crippen LogP contribution in [0.4, 0.5) is 5.69 Å². The summed E-state index contributed by atoms with van der Waals surface area (Å²) in [6.07, 6.45) is 0. The zero-order valence-electron chi connectivity index (χ0n) is 10.6. The normalized spacial score (nSPS) is 11.9. The molecule has 1 unspecified atom stereocenters. The van der Waals surface area contributed by atoms with Gasteiger partial charge in [-0.3, -0.25) is 4.79 Å². The van der Waals surface area contributed by atoms with Crippen LogP contribution in [-0.4, -0.2) is 5.91 Å². The highest BCUT2D eigenvalue weighted by Gasteiger charge is 2.15. The van der Waals surface area contributed by atoms with E-state index < -0.39 is 6.04 Å². The molecule has 0 bridgehead atoms. The molecule has 2 aromatic rings. The molecule has 0 spiro atoms. The number of halogens is 1. The SMILES string of the molecule is Cc1ccc(C(N)C(=O)Nc2ccc(I)cc2)cc1. The summed E-state index contributed by atoms with van der Waals surface area (Å²) in [6.45, 7) is 2.00. The van der Waals surface area contributed by atoms with Crippen molar-refractivity contribution in [2.24, 2.45) is 5.73 Å². The summed E-state index contributed by atoms with van der Waals surface area (Å²) in [5.41, 5.74) is 8.67. The number of benzene rings is 2. The number of hydrogen-bond donors (Lipinski definition) is 2. The van der Waals surface area contributed by atoms with Crippen LogP contribution in [0.5, 0.6) is 0 Å². The molecule has 0 saturated heterocycles. The number of nitrogens with two attached hydrogens (primary N) is 1. The van der Waals surface area contributed by atoms with E-state index in [1.807, 2.05) is 55.5 Å². The van der Waals surface area contributed by atoms with E-state index in [9.17, 15) is 4.79 Å². The molecule has 4 heteroatoms. The Bertz CT molecular complexity index is 564. The van der Waals surface area contributed by atoms with Crippen molar-refractivity contribution in [3.05, 3.63) is 63.2 Å². The minimum atomic E-state index is -0.653. The number of hydrogen-bond acceptors (Lipinski definition) is 2. The van der Waals surface area contributed by atoms with Crippen molar-refractivity contribution in [2.75, 3.05) is 5.32 Å². The third kappa shape index (κ3) is 3.78. The average Bonchev–Trinajstić information content (AvgIpc) is 2.41. The Morgan fingerprint density at radius 2 is 1.68 bits per heavy atom. The zero-order valence-corrected chi connectivity index (χ0v) is 12.7. The van der Waals surface area contributed by atoms with Crippen molar-refractivity contribution in [1.82, 2.24) is 0 Å². The summed E-state index contributed by atoms with van der Waals surface area (Å²) in [4.78, 5) is 12.0. The lowest BCUT2D eigenvalue weighted by atomic mass is 10.1. The van der Waals surface area contributed by atoms with Gasteiger partial charge in [-0.2, -0.15) is 0 Å². The van der Waals surface area contributed by atoms with Gasteiger partial charge in [-0.05, 0) is 59.3 Å². The number of carbonyl (C=O) groups excluding carboxylic acids is 1. The van der Waals surface area contributed by atoms with E-state index in [0.29, 0.717) is 0 Å². The summed E-state index contributed by atoms with van der Waals surface area (Å²) in [7, 11) is 0. The van der Waals surface area contributed by atoms with Gasteiger partial charge in [0, 0.05) is 9.26 Å². The number of rotatable bonds is 3. The second kappa shape index (κ2) is 6.16. The zero-order chi connectivity index (χ0) is 13.8. The minimum absolute atomic E-state index is 0.204. The second-order valence-electron chi connectivity index (χ2n) is 4.38. The van der Waals surface area contributed by atoms with E-state index in [2.05, 4.69) is 27.9 Å². The number of anilines is 1. The van der Waals surface area contributed by atoms with Crippen LogP contribution in [0.15, 0.2) is 48.5 Å². The van der Waals surface area contributed by atoms with Gasteiger partial charge in [-0.15, -0.1) is 0 Å². The lowest BCUT2D eigenvalue weighted by molar-refractivity contribution is -0.117. The molecule has 1 amide bonds. The van der Waals surface area contributed by atoms with Gasteiger partial charge in [0.1, 0.15) is 6.04 Å². The van der Waals surface area contributed by atoms with Gasteiger partial charge < -0.3 is 11.1 Å². The molecule has 3 nitrogen and oxygen atoms in total. The van der Waals surface area contributed by atoms with Gasteiger partial charge in [0.05, 0.1) is 0 Å². The maximum absolute atomic E-state index is 12.0. The van der Waals surface area contributed by atoms with Crippen LogP contribution in [0.25, 0.3) is 0 Å². The third-order valence-electron chi connectivity index (χ3n) is 2.83. The smallest absolute Gasteiger partial charge is 0.245 e. The molecule has 98 valence electrons. The Morgan fingerprint density at radius 1 is 1.11 bits per heavy atom. The predicted octanol–water partition coefficient (Wildman–Crippen LogP) is 3.24. The fourth-order valence-corrected chi connectivity index (χ4v) is 2.04. The van der Waals surface area contributed by atoms with Crippen molar-refractivity contribution in [3.8, 4) is 0 Å². The Hall–Kier alpha value is -1.40. The van der Waals surface area contributed by atoms with Crippen LogP contribution in [0.1, 0.15) is 17.2 Å².